The normalized spacial score (nSPS) is 14.8. The van der Waals surface area contributed by atoms with Crippen LogP contribution < -0.4 is 20.2 Å². The van der Waals surface area contributed by atoms with Gasteiger partial charge >= 0.3 is 0 Å². The van der Waals surface area contributed by atoms with Crippen LogP contribution in [0.3, 0.4) is 0 Å². The molecular weight excluding hydrogens is 376 g/mol. The van der Waals surface area contributed by atoms with Gasteiger partial charge in [-0.15, -0.1) is 0 Å². The molecule has 1 aliphatic rings. The Morgan fingerprint density at radius 3 is 2.54 bits per heavy atom. The molecule has 2 aromatic rings. The number of hydrogen-bond acceptors (Lipinski definition) is 6. The van der Waals surface area contributed by atoms with Gasteiger partial charge in [0.05, 0.1) is 25.6 Å². The van der Waals surface area contributed by atoms with E-state index in [4.69, 9.17) is 9.47 Å². The number of thioether (sulfide) groups is 1. The Bertz CT molecular complexity index is 910. The second kappa shape index (κ2) is 9.27. The lowest BCUT2D eigenvalue weighted by Gasteiger charge is -2.15. The first-order chi connectivity index (χ1) is 13.6. The monoisotopic (exact) mass is 398 g/mol. The van der Waals surface area contributed by atoms with Crippen molar-refractivity contribution in [3.05, 3.63) is 53.6 Å². The minimum Gasteiger partial charge on any atom is -0.493 e. The molecule has 0 spiro atoms. The first-order valence-electron chi connectivity index (χ1n) is 8.69. The minimum atomic E-state index is -0.0392. The number of benzene rings is 2. The van der Waals surface area contributed by atoms with E-state index in [9.17, 15) is 4.79 Å². The van der Waals surface area contributed by atoms with Crippen molar-refractivity contribution in [1.82, 2.24) is 10.7 Å². The molecular formula is C20H22N4O3S. The number of carbonyl (C=O) groups excluding carboxylic acids is 1. The number of nitrogens with zero attached hydrogens (tertiary/aromatic N) is 2. The molecule has 0 bridgehead atoms. The molecule has 0 aliphatic carbocycles. The summed E-state index contributed by atoms with van der Waals surface area (Å²) < 4.78 is 10.6. The average molecular weight is 398 g/mol. The highest BCUT2D eigenvalue weighted by Crippen LogP contribution is 2.31. The van der Waals surface area contributed by atoms with Crippen LogP contribution in [0.1, 0.15) is 18.1 Å². The van der Waals surface area contributed by atoms with Gasteiger partial charge in [-0.25, -0.2) is 4.99 Å². The maximum Gasteiger partial charge on any atom is 0.217 e. The summed E-state index contributed by atoms with van der Waals surface area (Å²) >= 11 is 1.58. The van der Waals surface area contributed by atoms with E-state index < -0.39 is 0 Å². The third-order valence-corrected chi connectivity index (χ3v) is 4.93. The van der Waals surface area contributed by atoms with E-state index in [1.807, 2.05) is 42.5 Å². The fourth-order valence-electron chi connectivity index (χ4n) is 2.57. The predicted octanol–water partition coefficient (Wildman–Crippen LogP) is 3.07. The van der Waals surface area contributed by atoms with Gasteiger partial charge in [-0.2, -0.15) is 5.10 Å². The minimum absolute atomic E-state index is 0.0392. The topological polar surface area (TPSA) is 84.3 Å². The van der Waals surface area contributed by atoms with E-state index in [1.165, 1.54) is 6.92 Å². The number of hydrogen-bond donors (Lipinski definition) is 2. The summed E-state index contributed by atoms with van der Waals surface area (Å²) in [4.78, 5) is 15.6. The first kappa shape index (κ1) is 19.8. The average Bonchev–Trinajstić information content (AvgIpc) is 2.73. The van der Waals surface area contributed by atoms with Crippen LogP contribution in [0.25, 0.3) is 0 Å². The van der Waals surface area contributed by atoms with Gasteiger partial charge in [0.15, 0.2) is 16.7 Å². The summed E-state index contributed by atoms with van der Waals surface area (Å²) in [6.45, 7) is 2.03. The lowest BCUT2D eigenvalue weighted by molar-refractivity contribution is -0.119. The molecule has 2 aromatic carbocycles. The molecule has 1 aliphatic heterocycles. The summed E-state index contributed by atoms with van der Waals surface area (Å²) in [6.07, 6.45) is 0. The molecule has 7 nitrogen and oxygen atoms in total. The van der Waals surface area contributed by atoms with Crippen molar-refractivity contribution in [3.8, 4) is 11.5 Å². The molecule has 0 aromatic heterocycles. The highest BCUT2D eigenvalue weighted by atomic mass is 32.2. The van der Waals surface area contributed by atoms with Crippen LogP contribution in [0.4, 0.5) is 5.69 Å². The number of aliphatic imine (C=N–C) groups is 1. The molecule has 0 saturated heterocycles. The van der Waals surface area contributed by atoms with Crippen molar-refractivity contribution in [2.24, 2.45) is 10.1 Å². The van der Waals surface area contributed by atoms with E-state index in [0.29, 0.717) is 23.8 Å². The number of nitrogens with one attached hydrogen (secondary N) is 2. The van der Waals surface area contributed by atoms with E-state index in [2.05, 4.69) is 20.8 Å². The van der Waals surface area contributed by atoms with Gasteiger partial charge in [0, 0.05) is 25.3 Å². The highest BCUT2D eigenvalue weighted by Gasteiger charge is 2.14. The number of methoxy groups -OCH3 is 2. The Balaban J connectivity index is 1.67. The summed E-state index contributed by atoms with van der Waals surface area (Å²) in [6, 6.07) is 13.5. The Morgan fingerprint density at radius 2 is 1.93 bits per heavy atom. The van der Waals surface area contributed by atoms with E-state index in [-0.39, 0.29) is 5.91 Å². The standard InChI is InChI=1S/C20H22N4O3S/c1-13(25)21-11-14-4-6-15(7-5-14)17-12-28-20(24-23-17)22-16-8-9-18(26-2)19(10-16)27-3/h4-10H,11-12H2,1-3H3,(H,21,25)(H,22,24). The summed E-state index contributed by atoms with van der Waals surface area (Å²) in [5.41, 5.74) is 6.80. The Kier molecular flexibility index (Phi) is 6.54. The number of ether oxygens (including phenoxy) is 2. The molecule has 28 heavy (non-hydrogen) atoms. The van der Waals surface area contributed by atoms with Gasteiger partial charge in [0.25, 0.3) is 0 Å². The Labute approximate surface area is 168 Å². The number of hydrazone groups is 1. The molecule has 0 saturated carbocycles. The van der Waals surface area contributed by atoms with Crippen molar-refractivity contribution in [2.75, 3.05) is 20.0 Å². The molecule has 1 amide bonds. The number of amidine groups is 1. The largest absolute Gasteiger partial charge is 0.493 e. The molecule has 3 rings (SSSR count). The molecule has 2 N–H and O–H groups in total. The van der Waals surface area contributed by atoms with Crippen LogP contribution in [0.5, 0.6) is 11.5 Å². The van der Waals surface area contributed by atoms with Crippen LogP contribution in [-0.2, 0) is 11.3 Å². The SMILES string of the molecule is COc1ccc(N=C2NN=C(c3ccc(CNC(C)=O)cc3)CS2)cc1OC. The lowest BCUT2D eigenvalue weighted by Crippen LogP contribution is -2.25. The third kappa shape index (κ3) is 5.04. The van der Waals surface area contributed by atoms with E-state index >= 15 is 0 Å². The number of amides is 1. The van der Waals surface area contributed by atoms with Gasteiger partial charge < -0.3 is 14.8 Å². The third-order valence-electron chi connectivity index (χ3n) is 4.06. The predicted molar refractivity (Wildman–Crippen MR) is 113 cm³/mol. The van der Waals surface area contributed by atoms with Crippen molar-refractivity contribution in [2.45, 2.75) is 13.5 Å². The zero-order chi connectivity index (χ0) is 19.9. The van der Waals surface area contributed by atoms with Crippen molar-refractivity contribution in [3.63, 3.8) is 0 Å². The molecule has 0 fully saturated rings. The fraction of sp³-hybridized carbons (Fsp3) is 0.250. The van der Waals surface area contributed by atoms with Gasteiger partial charge in [-0.3, -0.25) is 10.2 Å². The Morgan fingerprint density at radius 1 is 1.18 bits per heavy atom. The molecule has 0 radical (unpaired) electrons. The van der Waals surface area contributed by atoms with Crippen molar-refractivity contribution >= 4 is 34.2 Å². The maximum atomic E-state index is 11.0. The van der Waals surface area contributed by atoms with E-state index in [1.54, 1.807) is 26.0 Å². The molecule has 0 atom stereocenters. The number of carbonyl (C=O) groups is 1. The highest BCUT2D eigenvalue weighted by molar-refractivity contribution is 8.14. The van der Waals surface area contributed by atoms with Crippen LogP contribution >= 0.6 is 11.8 Å². The lowest BCUT2D eigenvalue weighted by atomic mass is 10.1. The first-order valence-corrected chi connectivity index (χ1v) is 9.67. The zero-order valence-electron chi connectivity index (χ0n) is 16.0. The van der Waals surface area contributed by atoms with Gasteiger partial charge in [0.1, 0.15) is 0 Å². The molecule has 8 heteroatoms. The van der Waals surface area contributed by atoms with E-state index in [0.717, 1.165) is 27.7 Å². The second-order valence-electron chi connectivity index (χ2n) is 6.02. The van der Waals surface area contributed by atoms with Crippen molar-refractivity contribution < 1.29 is 14.3 Å². The summed E-state index contributed by atoms with van der Waals surface area (Å²) in [5.74, 6) is 1.97. The smallest absolute Gasteiger partial charge is 0.217 e. The van der Waals surface area contributed by atoms with Gasteiger partial charge in [0.2, 0.25) is 5.91 Å². The zero-order valence-corrected chi connectivity index (χ0v) is 16.8. The van der Waals surface area contributed by atoms with Gasteiger partial charge in [-0.1, -0.05) is 36.0 Å². The maximum absolute atomic E-state index is 11.0. The fourth-order valence-corrected chi connectivity index (χ4v) is 3.36. The molecule has 1 heterocycles. The van der Waals surface area contributed by atoms with Crippen LogP contribution in [0.2, 0.25) is 0 Å². The number of rotatable bonds is 6. The van der Waals surface area contributed by atoms with Crippen LogP contribution in [-0.4, -0.2) is 36.8 Å². The molecule has 0 unspecified atom stereocenters. The second-order valence-corrected chi connectivity index (χ2v) is 6.99. The quantitative estimate of drug-likeness (QED) is 0.781. The summed E-state index contributed by atoms with van der Waals surface area (Å²) in [7, 11) is 3.20. The van der Waals surface area contributed by atoms with Crippen molar-refractivity contribution in [1.29, 1.82) is 0 Å². The molecule has 146 valence electrons. The van der Waals surface area contributed by atoms with Gasteiger partial charge in [-0.05, 0) is 23.3 Å². The van der Waals surface area contributed by atoms with Crippen LogP contribution in [0.15, 0.2) is 52.6 Å². The van der Waals surface area contributed by atoms with Crippen LogP contribution in [0, 0.1) is 0 Å². The summed E-state index contributed by atoms with van der Waals surface area (Å²) in [5, 5.41) is 7.95. The Hall–Kier alpha value is -3.00.